The molecule has 0 saturated carbocycles. The first-order chi connectivity index (χ1) is 10.1. The molecule has 0 bridgehead atoms. The topological polar surface area (TPSA) is 76.7 Å². The molecule has 0 spiro atoms. The van der Waals surface area contributed by atoms with Gasteiger partial charge in [0.05, 0.1) is 19.5 Å². The Morgan fingerprint density at radius 2 is 2.00 bits per heavy atom. The van der Waals surface area contributed by atoms with Gasteiger partial charge in [0.15, 0.2) is 0 Å². The van der Waals surface area contributed by atoms with Gasteiger partial charge in [-0.2, -0.15) is 0 Å². The molecule has 1 fully saturated rings. The Morgan fingerprint density at radius 3 is 2.57 bits per heavy atom. The van der Waals surface area contributed by atoms with Crippen LogP contribution >= 0.6 is 11.8 Å². The summed E-state index contributed by atoms with van der Waals surface area (Å²) in [6.45, 7) is 0.661. The molecule has 21 heavy (non-hydrogen) atoms. The average Bonchev–Trinajstić information content (AvgIpc) is 2.49. The predicted octanol–water partition coefficient (Wildman–Crippen LogP) is 1.26. The fraction of sp³-hybridized carbons (Fsp3) is 0.429. The van der Waals surface area contributed by atoms with Crippen molar-refractivity contribution in [2.75, 3.05) is 31.8 Å². The van der Waals surface area contributed by atoms with Crippen molar-refractivity contribution in [1.29, 1.82) is 0 Å². The van der Waals surface area contributed by atoms with Crippen molar-refractivity contribution >= 4 is 29.3 Å². The van der Waals surface area contributed by atoms with E-state index in [9.17, 15) is 9.59 Å². The van der Waals surface area contributed by atoms with Gasteiger partial charge in [0.1, 0.15) is 11.5 Å². The summed E-state index contributed by atoms with van der Waals surface area (Å²) in [5.41, 5.74) is 0.581. The van der Waals surface area contributed by atoms with Crippen LogP contribution in [0.3, 0.4) is 0 Å². The Labute approximate surface area is 127 Å². The van der Waals surface area contributed by atoms with E-state index in [2.05, 4.69) is 10.6 Å². The zero-order chi connectivity index (χ0) is 15.2. The molecule has 114 valence electrons. The minimum Gasteiger partial charge on any atom is -0.497 e. The molecule has 0 aliphatic carbocycles. The highest BCUT2D eigenvalue weighted by atomic mass is 32.2. The number of methoxy groups -OCH3 is 2. The van der Waals surface area contributed by atoms with E-state index in [1.807, 2.05) is 0 Å². The Balaban J connectivity index is 2.00. The second kappa shape index (κ2) is 7.21. The van der Waals surface area contributed by atoms with Crippen molar-refractivity contribution in [3.63, 3.8) is 0 Å². The SMILES string of the molecule is COc1cc(NC(=O)C[C@H]2SCCNC2=O)cc(OC)c1. The van der Waals surface area contributed by atoms with E-state index < -0.39 is 0 Å². The van der Waals surface area contributed by atoms with Crippen LogP contribution in [0.4, 0.5) is 5.69 Å². The standard InChI is InChI=1S/C14H18N2O4S/c1-19-10-5-9(6-11(7-10)20-2)16-13(17)8-12-14(18)15-3-4-21-12/h5-7,12H,3-4,8H2,1-2H3,(H,15,18)(H,16,17)/t12-/m1/s1. The van der Waals surface area contributed by atoms with Crippen LogP contribution < -0.4 is 20.1 Å². The monoisotopic (exact) mass is 310 g/mol. The molecule has 2 N–H and O–H groups in total. The highest BCUT2D eigenvalue weighted by Crippen LogP contribution is 2.26. The van der Waals surface area contributed by atoms with E-state index in [4.69, 9.17) is 9.47 Å². The van der Waals surface area contributed by atoms with Crippen molar-refractivity contribution in [3.8, 4) is 11.5 Å². The van der Waals surface area contributed by atoms with Gasteiger partial charge in [0, 0.05) is 42.6 Å². The molecular weight excluding hydrogens is 292 g/mol. The maximum Gasteiger partial charge on any atom is 0.233 e. The molecule has 2 rings (SSSR count). The second-order valence-corrected chi connectivity index (χ2v) is 5.81. The van der Waals surface area contributed by atoms with E-state index >= 15 is 0 Å². The quantitative estimate of drug-likeness (QED) is 0.856. The van der Waals surface area contributed by atoms with E-state index in [1.54, 1.807) is 32.4 Å². The van der Waals surface area contributed by atoms with E-state index in [0.717, 1.165) is 5.75 Å². The second-order valence-electron chi connectivity index (χ2n) is 4.50. The molecular formula is C14H18N2O4S. The highest BCUT2D eigenvalue weighted by Gasteiger charge is 2.25. The number of anilines is 1. The van der Waals surface area contributed by atoms with Gasteiger partial charge in [0.2, 0.25) is 11.8 Å². The summed E-state index contributed by atoms with van der Waals surface area (Å²) in [5.74, 6) is 1.73. The third kappa shape index (κ3) is 4.29. The summed E-state index contributed by atoms with van der Waals surface area (Å²) in [5, 5.41) is 5.20. The number of carbonyl (C=O) groups excluding carboxylic acids is 2. The van der Waals surface area contributed by atoms with Crippen molar-refractivity contribution in [1.82, 2.24) is 5.32 Å². The number of carbonyl (C=O) groups is 2. The van der Waals surface area contributed by atoms with Crippen molar-refractivity contribution in [2.24, 2.45) is 0 Å². The zero-order valence-corrected chi connectivity index (χ0v) is 12.8. The van der Waals surface area contributed by atoms with Gasteiger partial charge in [0.25, 0.3) is 0 Å². The number of hydrogen-bond acceptors (Lipinski definition) is 5. The van der Waals surface area contributed by atoms with Gasteiger partial charge < -0.3 is 20.1 Å². The van der Waals surface area contributed by atoms with Crippen LogP contribution in [0.25, 0.3) is 0 Å². The largest absolute Gasteiger partial charge is 0.497 e. The van der Waals surface area contributed by atoms with Crippen molar-refractivity contribution in [3.05, 3.63) is 18.2 Å². The first-order valence-corrected chi connectivity index (χ1v) is 7.59. The summed E-state index contributed by atoms with van der Waals surface area (Å²) < 4.78 is 10.3. The molecule has 0 unspecified atom stereocenters. The fourth-order valence-corrected chi connectivity index (χ4v) is 2.98. The van der Waals surface area contributed by atoms with Gasteiger partial charge in [-0.05, 0) is 0 Å². The Hall–Kier alpha value is -1.89. The van der Waals surface area contributed by atoms with Crippen molar-refractivity contribution < 1.29 is 19.1 Å². The highest BCUT2D eigenvalue weighted by molar-refractivity contribution is 8.00. The molecule has 1 heterocycles. The average molecular weight is 310 g/mol. The summed E-state index contributed by atoms with van der Waals surface area (Å²) in [6.07, 6.45) is 0.149. The number of benzene rings is 1. The van der Waals surface area contributed by atoms with Crippen LogP contribution in [-0.4, -0.2) is 43.6 Å². The van der Waals surface area contributed by atoms with E-state index in [-0.39, 0.29) is 23.5 Å². The molecule has 0 aromatic heterocycles. The lowest BCUT2D eigenvalue weighted by Gasteiger charge is -2.21. The van der Waals surface area contributed by atoms with Gasteiger partial charge in [-0.1, -0.05) is 0 Å². The molecule has 1 aliphatic rings. The number of rotatable bonds is 5. The Bertz CT molecular complexity index is 513. The number of thioether (sulfide) groups is 1. The third-order valence-corrected chi connectivity index (χ3v) is 4.24. The first-order valence-electron chi connectivity index (χ1n) is 6.54. The lowest BCUT2D eigenvalue weighted by Crippen LogP contribution is -2.40. The lowest BCUT2D eigenvalue weighted by molar-refractivity contribution is -0.123. The number of amides is 2. The molecule has 7 heteroatoms. The molecule has 1 aromatic rings. The van der Waals surface area contributed by atoms with Crippen LogP contribution in [0.2, 0.25) is 0 Å². The zero-order valence-electron chi connectivity index (χ0n) is 12.0. The summed E-state index contributed by atoms with van der Waals surface area (Å²) in [4.78, 5) is 23.7. The minimum absolute atomic E-state index is 0.0791. The van der Waals surface area contributed by atoms with Crippen molar-refractivity contribution in [2.45, 2.75) is 11.7 Å². The maximum atomic E-state index is 12.0. The smallest absolute Gasteiger partial charge is 0.233 e. The van der Waals surface area contributed by atoms with Crippen LogP contribution in [0.15, 0.2) is 18.2 Å². The van der Waals surface area contributed by atoms with Gasteiger partial charge >= 0.3 is 0 Å². The molecule has 0 radical (unpaired) electrons. The van der Waals surface area contributed by atoms with Gasteiger partial charge in [-0.3, -0.25) is 9.59 Å². The molecule has 1 saturated heterocycles. The van der Waals surface area contributed by atoms with Crippen LogP contribution in [-0.2, 0) is 9.59 Å². The summed E-state index contributed by atoms with van der Waals surface area (Å²) in [6, 6.07) is 5.13. The van der Waals surface area contributed by atoms with Gasteiger partial charge in [-0.25, -0.2) is 0 Å². The number of nitrogens with one attached hydrogen (secondary N) is 2. The Morgan fingerprint density at radius 1 is 1.33 bits per heavy atom. The first kappa shape index (κ1) is 15.5. The van der Waals surface area contributed by atoms with Crippen LogP contribution in [0.5, 0.6) is 11.5 Å². The Kier molecular flexibility index (Phi) is 5.32. The molecule has 2 amide bonds. The molecule has 1 atom stereocenters. The molecule has 1 aromatic carbocycles. The third-order valence-electron chi connectivity index (χ3n) is 3.02. The van der Waals surface area contributed by atoms with E-state index in [1.165, 1.54) is 11.8 Å². The van der Waals surface area contributed by atoms with E-state index in [0.29, 0.717) is 23.7 Å². The minimum atomic E-state index is -0.328. The predicted molar refractivity (Wildman–Crippen MR) is 82.0 cm³/mol. The molecule has 6 nitrogen and oxygen atoms in total. The maximum absolute atomic E-state index is 12.0. The van der Waals surface area contributed by atoms with Crippen LogP contribution in [0.1, 0.15) is 6.42 Å². The number of hydrogen-bond donors (Lipinski definition) is 2. The molecule has 1 aliphatic heterocycles. The normalized spacial score (nSPS) is 17.8. The van der Waals surface area contributed by atoms with Crippen LogP contribution in [0, 0.1) is 0 Å². The number of ether oxygens (including phenoxy) is 2. The summed E-state index contributed by atoms with van der Waals surface area (Å²) >= 11 is 1.50. The van der Waals surface area contributed by atoms with Gasteiger partial charge in [-0.15, -0.1) is 11.8 Å². The summed E-state index contributed by atoms with van der Waals surface area (Å²) in [7, 11) is 3.09. The fourth-order valence-electron chi connectivity index (χ4n) is 1.98. The lowest BCUT2D eigenvalue weighted by atomic mass is 10.2.